The zero-order chi connectivity index (χ0) is 12.8. The van der Waals surface area contributed by atoms with Crippen molar-refractivity contribution in [2.24, 2.45) is 5.41 Å². The zero-order valence-corrected chi connectivity index (χ0v) is 11.1. The lowest BCUT2D eigenvalue weighted by Gasteiger charge is -2.40. The van der Waals surface area contributed by atoms with Gasteiger partial charge in [-0.15, -0.1) is 0 Å². The number of rotatable bonds is 7. The second-order valence-electron chi connectivity index (χ2n) is 5.32. The molecule has 3 nitrogen and oxygen atoms in total. The molecule has 1 saturated heterocycles. The molecule has 0 amide bonds. The van der Waals surface area contributed by atoms with Gasteiger partial charge in [0.25, 0.3) is 0 Å². The van der Waals surface area contributed by atoms with E-state index in [0.717, 1.165) is 19.5 Å². The van der Waals surface area contributed by atoms with Crippen molar-refractivity contribution < 1.29 is 9.84 Å². The van der Waals surface area contributed by atoms with Crippen molar-refractivity contribution in [3.8, 4) is 0 Å². The molecule has 1 heterocycles. The lowest BCUT2D eigenvalue weighted by Crippen LogP contribution is -2.52. The molecule has 1 aromatic rings. The van der Waals surface area contributed by atoms with Gasteiger partial charge in [0.1, 0.15) is 0 Å². The third kappa shape index (κ3) is 3.31. The Morgan fingerprint density at radius 3 is 2.39 bits per heavy atom. The van der Waals surface area contributed by atoms with E-state index in [1.54, 1.807) is 0 Å². The van der Waals surface area contributed by atoms with Crippen LogP contribution in [0.3, 0.4) is 0 Å². The molecule has 18 heavy (non-hydrogen) atoms. The average Bonchev–Trinajstić information content (AvgIpc) is 2.35. The maximum Gasteiger partial charge on any atom is 0.0579 e. The molecule has 1 aromatic carbocycles. The molecular formula is C15H23NO2. The average molecular weight is 249 g/mol. The highest BCUT2D eigenvalue weighted by atomic mass is 16.5. The summed E-state index contributed by atoms with van der Waals surface area (Å²) in [4.78, 5) is 0. The molecule has 0 aromatic heterocycles. The fourth-order valence-corrected chi connectivity index (χ4v) is 2.22. The van der Waals surface area contributed by atoms with Crippen LogP contribution >= 0.6 is 0 Å². The number of aryl methyl sites for hydroxylation is 1. The highest BCUT2D eigenvalue weighted by Gasteiger charge is 2.37. The van der Waals surface area contributed by atoms with Crippen molar-refractivity contribution in [3.63, 3.8) is 0 Å². The summed E-state index contributed by atoms with van der Waals surface area (Å²) < 4.78 is 5.17. The minimum atomic E-state index is -0.0395. The Kier molecular flexibility index (Phi) is 4.75. The molecule has 1 aliphatic rings. The molecule has 2 rings (SSSR count). The molecular weight excluding hydrogens is 226 g/mol. The standard InChI is InChI=1S/C15H23NO2/c1-2-3-13-4-6-14(7-5-13)8-16-9-15(10-17)11-18-12-15/h4-7,16-17H,2-3,8-12H2,1H3. The normalized spacial score (nSPS) is 17.4. The molecule has 0 spiro atoms. The fraction of sp³-hybridized carbons (Fsp3) is 0.600. The third-order valence-corrected chi connectivity index (χ3v) is 3.54. The van der Waals surface area contributed by atoms with E-state index >= 15 is 0 Å². The predicted octanol–water partition coefficient (Wildman–Crippen LogP) is 1.74. The van der Waals surface area contributed by atoms with E-state index in [1.165, 1.54) is 17.5 Å². The second kappa shape index (κ2) is 6.32. The van der Waals surface area contributed by atoms with Gasteiger partial charge >= 0.3 is 0 Å². The Bertz CT molecular complexity index is 352. The van der Waals surface area contributed by atoms with Gasteiger partial charge in [-0.3, -0.25) is 0 Å². The van der Waals surface area contributed by atoms with E-state index in [4.69, 9.17) is 4.74 Å². The number of aliphatic hydroxyl groups excluding tert-OH is 1. The first-order valence-electron chi connectivity index (χ1n) is 6.75. The molecule has 2 N–H and O–H groups in total. The van der Waals surface area contributed by atoms with Crippen LogP contribution in [0.5, 0.6) is 0 Å². The van der Waals surface area contributed by atoms with Gasteiger partial charge in [-0.25, -0.2) is 0 Å². The van der Waals surface area contributed by atoms with Crippen molar-refractivity contribution in [3.05, 3.63) is 35.4 Å². The van der Waals surface area contributed by atoms with Crippen molar-refractivity contribution in [1.82, 2.24) is 5.32 Å². The van der Waals surface area contributed by atoms with Gasteiger partial charge < -0.3 is 15.2 Å². The maximum absolute atomic E-state index is 9.31. The monoisotopic (exact) mass is 249 g/mol. The summed E-state index contributed by atoms with van der Waals surface area (Å²) in [7, 11) is 0. The first-order valence-corrected chi connectivity index (χ1v) is 6.75. The van der Waals surface area contributed by atoms with E-state index in [-0.39, 0.29) is 12.0 Å². The van der Waals surface area contributed by atoms with Crippen LogP contribution in [0, 0.1) is 5.41 Å². The summed E-state index contributed by atoms with van der Waals surface area (Å²) in [5, 5.41) is 12.7. The number of aliphatic hydroxyl groups is 1. The minimum absolute atomic E-state index is 0.0395. The molecule has 3 heteroatoms. The molecule has 1 aliphatic heterocycles. The van der Waals surface area contributed by atoms with Crippen molar-refractivity contribution >= 4 is 0 Å². The molecule has 0 atom stereocenters. The minimum Gasteiger partial charge on any atom is -0.396 e. The SMILES string of the molecule is CCCc1ccc(CNCC2(CO)COC2)cc1. The lowest BCUT2D eigenvalue weighted by atomic mass is 9.87. The summed E-state index contributed by atoms with van der Waals surface area (Å²) in [5.41, 5.74) is 2.66. The van der Waals surface area contributed by atoms with E-state index in [0.29, 0.717) is 13.2 Å². The first kappa shape index (κ1) is 13.5. The Morgan fingerprint density at radius 1 is 1.22 bits per heavy atom. The number of ether oxygens (including phenoxy) is 1. The van der Waals surface area contributed by atoms with Gasteiger partial charge in [0.05, 0.1) is 25.2 Å². The quantitative estimate of drug-likeness (QED) is 0.773. The number of nitrogens with one attached hydrogen (secondary N) is 1. The van der Waals surface area contributed by atoms with Crippen LogP contribution < -0.4 is 5.32 Å². The molecule has 100 valence electrons. The van der Waals surface area contributed by atoms with Crippen LogP contribution in [0.1, 0.15) is 24.5 Å². The van der Waals surface area contributed by atoms with Crippen LogP contribution in [0.25, 0.3) is 0 Å². The van der Waals surface area contributed by atoms with E-state index < -0.39 is 0 Å². The van der Waals surface area contributed by atoms with E-state index in [2.05, 4.69) is 36.5 Å². The highest BCUT2D eigenvalue weighted by Crippen LogP contribution is 2.25. The number of hydrogen-bond donors (Lipinski definition) is 2. The number of hydrogen-bond acceptors (Lipinski definition) is 3. The van der Waals surface area contributed by atoms with Gasteiger partial charge in [0.2, 0.25) is 0 Å². The second-order valence-corrected chi connectivity index (χ2v) is 5.32. The Hall–Kier alpha value is -0.900. The van der Waals surface area contributed by atoms with Gasteiger partial charge in [0, 0.05) is 13.1 Å². The summed E-state index contributed by atoms with van der Waals surface area (Å²) in [6.07, 6.45) is 2.34. The van der Waals surface area contributed by atoms with Crippen LogP contribution in [-0.2, 0) is 17.7 Å². The number of benzene rings is 1. The Labute approximate surface area is 109 Å². The third-order valence-electron chi connectivity index (χ3n) is 3.54. The van der Waals surface area contributed by atoms with Gasteiger partial charge in [-0.2, -0.15) is 0 Å². The van der Waals surface area contributed by atoms with Crippen LogP contribution in [0.4, 0.5) is 0 Å². The summed E-state index contributed by atoms with van der Waals surface area (Å²) in [6.45, 7) is 5.42. The maximum atomic E-state index is 9.31. The first-order chi connectivity index (χ1) is 8.78. The largest absolute Gasteiger partial charge is 0.396 e. The summed E-state index contributed by atoms with van der Waals surface area (Å²) in [5.74, 6) is 0. The van der Waals surface area contributed by atoms with Crippen molar-refractivity contribution in [2.75, 3.05) is 26.4 Å². The molecule has 1 fully saturated rings. The van der Waals surface area contributed by atoms with Crippen LogP contribution in [-0.4, -0.2) is 31.5 Å². The van der Waals surface area contributed by atoms with Crippen molar-refractivity contribution in [2.45, 2.75) is 26.3 Å². The lowest BCUT2D eigenvalue weighted by molar-refractivity contribution is -0.134. The Balaban J connectivity index is 1.76. The molecule has 0 radical (unpaired) electrons. The Morgan fingerprint density at radius 2 is 1.89 bits per heavy atom. The molecule has 0 aliphatic carbocycles. The van der Waals surface area contributed by atoms with Crippen molar-refractivity contribution in [1.29, 1.82) is 0 Å². The smallest absolute Gasteiger partial charge is 0.0579 e. The van der Waals surface area contributed by atoms with Crippen LogP contribution in [0.15, 0.2) is 24.3 Å². The van der Waals surface area contributed by atoms with Crippen LogP contribution in [0.2, 0.25) is 0 Å². The van der Waals surface area contributed by atoms with E-state index in [1.807, 2.05) is 0 Å². The molecule has 0 saturated carbocycles. The van der Waals surface area contributed by atoms with Gasteiger partial charge in [0.15, 0.2) is 0 Å². The van der Waals surface area contributed by atoms with Gasteiger partial charge in [-0.1, -0.05) is 37.6 Å². The summed E-state index contributed by atoms with van der Waals surface area (Å²) >= 11 is 0. The predicted molar refractivity (Wildman–Crippen MR) is 72.5 cm³/mol. The summed E-state index contributed by atoms with van der Waals surface area (Å²) in [6, 6.07) is 8.77. The molecule has 0 unspecified atom stereocenters. The molecule has 0 bridgehead atoms. The topological polar surface area (TPSA) is 41.5 Å². The fourth-order valence-electron chi connectivity index (χ4n) is 2.22. The van der Waals surface area contributed by atoms with Gasteiger partial charge in [-0.05, 0) is 17.5 Å². The highest BCUT2D eigenvalue weighted by molar-refractivity contribution is 5.22. The zero-order valence-electron chi connectivity index (χ0n) is 11.1. The van der Waals surface area contributed by atoms with E-state index in [9.17, 15) is 5.11 Å².